The summed E-state index contributed by atoms with van der Waals surface area (Å²) in [5, 5.41) is 7.07. The smallest absolute Gasteiger partial charge is 0.240 e. The van der Waals surface area contributed by atoms with Crippen LogP contribution in [0, 0.1) is 5.41 Å². The Morgan fingerprint density at radius 3 is 2.70 bits per heavy atom. The minimum Gasteiger partial charge on any atom is -0.486 e. The van der Waals surface area contributed by atoms with E-state index in [1.165, 1.54) is 12.1 Å². The van der Waals surface area contributed by atoms with Crippen molar-refractivity contribution in [3.05, 3.63) is 18.2 Å². The molecule has 110 valence electrons. The molecule has 0 amide bonds. The van der Waals surface area contributed by atoms with Crippen molar-refractivity contribution >= 4 is 15.9 Å². The second kappa shape index (κ2) is 6.10. The summed E-state index contributed by atoms with van der Waals surface area (Å²) in [5.74, 6) is 1.03. The molecule has 0 aliphatic carbocycles. The second-order valence-corrected chi connectivity index (χ2v) is 6.10. The highest BCUT2D eigenvalue weighted by molar-refractivity contribution is 7.89. The van der Waals surface area contributed by atoms with E-state index in [4.69, 9.17) is 20.6 Å². The molecule has 0 radical (unpaired) electrons. The first-order valence-electron chi connectivity index (χ1n) is 6.21. The van der Waals surface area contributed by atoms with Crippen molar-refractivity contribution in [3.8, 4) is 11.5 Å². The first-order chi connectivity index (χ1) is 9.49. The van der Waals surface area contributed by atoms with Gasteiger partial charge in [-0.2, -0.15) is 0 Å². The summed E-state index contributed by atoms with van der Waals surface area (Å²) in [5.41, 5.74) is 5.21. The third-order valence-corrected chi connectivity index (χ3v) is 4.20. The number of ether oxygens (including phenoxy) is 2. The molecule has 1 aliphatic rings. The van der Waals surface area contributed by atoms with E-state index in [9.17, 15) is 8.42 Å². The van der Waals surface area contributed by atoms with Crippen molar-refractivity contribution in [2.24, 2.45) is 5.73 Å². The molecule has 0 bridgehead atoms. The predicted molar refractivity (Wildman–Crippen MR) is 73.8 cm³/mol. The fourth-order valence-electron chi connectivity index (χ4n) is 1.76. The Hall–Kier alpha value is -1.80. The molecular formula is C12H17N3O4S. The Morgan fingerprint density at radius 2 is 2.00 bits per heavy atom. The van der Waals surface area contributed by atoms with Gasteiger partial charge >= 0.3 is 0 Å². The number of rotatable bonds is 6. The van der Waals surface area contributed by atoms with Crippen molar-refractivity contribution in [2.45, 2.75) is 17.7 Å². The molecule has 7 nitrogen and oxygen atoms in total. The number of fused-ring (bicyclic) bond motifs is 1. The Balaban J connectivity index is 2.03. The summed E-state index contributed by atoms with van der Waals surface area (Å²) in [6.45, 7) is 1.10. The standard InChI is InChI=1S/C12H17N3O4S/c13-12(14)2-1-5-15-20(16,17)9-3-4-10-11(8-9)19-7-6-18-10/h3-4,8,15H,1-2,5-7H2,(H3,13,14). The van der Waals surface area contributed by atoms with E-state index in [2.05, 4.69) is 4.72 Å². The lowest BCUT2D eigenvalue weighted by Gasteiger charge is -2.18. The molecule has 0 aromatic heterocycles. The van der Waals surface area contributed by atoms with Crippen LogP contribution in [-0.2, 0) is 10.0 Å². The quantitative estimate of drug-likeness (QED) is 0.401. The highest BCUT2D eigenvalue weighted by Gasteiger charge is 2.18. The first kappa shape index (κ1) is 14.6. The van der Waals surface area contributed by atoms with Gasteiger partial charge in [-0.1, -0.05) is 0 Å². The van der Waals surface area contributed by atoms with E-state index in [0.717, 1.165) is 0 Å². The SMILES string of the molecule is N=C(N)CCCNS(=O)(=O)c1ccc2c(c1)OCCO2. The third kappa shape index (κ3) is 3.61. The van der Waals surface area contributed by atoms with Crippen molar-refractivity contribution in [1.82, 2.24) is 4.72 Å². The maximum Gasteiger partial charge on any atom is 0.240 e. The average molecular weight is 299 g/mol. The van der Waals surface area contributed by atoms with Gasteiger partial charge in [-0.15, -0.1) is 0 Å². The summed E-state index contributed by atoms with van der Waals surface area (Å²) >= 11 is 0. The van der Waals surface area contributed by atoms with Crippen LogP contribution in [0.1, 0.15) is 12.8 Å². The predicted octanol–water partition coefficient (Wildman–Crippen LogP) is 0.452. The highest BCUT2D eigenvalue weighted by Crippen LogP contribution is 2.32. The fourth-order valence-corrected chi connectivity index (χ4v) is 2.85. The zero-order valence-corrected chi connectivity index (χ0v) is 11.7. The number of nitrogens with one attached hydrogen (secondary N) is 2. The molecule has 4 N–H and O–H groups in total. The molecule has 1 aliphatic heterocycles. The largest absolute Gasteiger partial charge is 0.486 e. The third-order valence-electron chi connectivity index (χ3n) is 2.74. The minimum absolute atomic E-state index is 0.0449. The molecule has 0 saturated carbocycles. The number of hydrogen-bond donors (Lipinski definition) is 3. The van der Waals surface area contributed by atoms with Crippen molar-refractivity contribution < 1.29 is 17.9 Å². The minimum atomic E-state index is -3.59. The summed E-state index contributed by atoms with van der Waals surface area (Å²) in [4.78, 5) is 0.129. The Kier molecular flexibility index (Phi) is 4.46. The average Bonchev–Trinajstić information content (AvgIpc) is 2.43. The number of nitrogens with two attached hydrogens (primary N) is 1. The van der Waals surface area contributed by atoms with E-state index in [0.29, 0.717) is 37.6 Å². The topological polar surface area (TPSA) is 114 Å². The van der Waals surface area contributed by atoms with Crippen LogP contribution >= 0.6 is 0 Å². The van der Waals surface area contributed by atoms with E-state index >= 15 is 0 Å². The number of sulfonamides is 1. The molecule has 0 atom stereocenters. The van der Waals surface area contributed by atoms with E-state index in [1.54, 1.807) is 6.07 Å². The molecule has 0 spiro atoms. The molecular weight excluding hydrogens is 282 g/mol. The maximum atomic E-state index is 12.1. The molecule has 1 heterocycles. The van der Waals surface area contributed by atoms with Crippen LogP contribution in [0.4, 0.5) is 0 Å². The van der Waals surface area contributed by atoms with Gasteiger partial charge in [0.15, 0.2) is 11.5 Å². The monoisotopic (exact) mass is 299 g/mol. The van der Waals surface area contributed by atoms with Gasteiger partial charge in [-0.3, -0.25) is 5.41 Å². The first-order valence-corrected chi connectivity index (χ1v) is 7.69. The molecule has 1 aromatic carbocycles. The van der Waals surface area contributed by atoms with Gasteiger partial charge < -0.3 is 15.2 Å². The van der Waals surface area contributed by atoms with Crippen LogP contribution in [0.2, 0.25) is 0 Å². The van der Waals surface area contributed by atoms with E-state index in [-0.39, 0.29) is 17.3 Å². The molecule has 1 aromatic rings. The van der Waals surface area contributed by atoms with Crippen molar-refractivity contribution in [3.63, 3.8) is 0 Å². The van der Waals surface area contributed by atoms with Crippen LogP contribution < -0.4 is 19.9 Å². The lowest BCUT2D eigenvalue weighted by atomic mass is 10.3. The molecule has 8 heteroatoms. The van der Waals surface area contributed by atoms with Crippen molar-refractivity contribution in [2.75, 3.05) is 19.8 Å². The number of benzene rings is 1. The Labute approximate surface area is 117 Å². The molecule has 20 heavy (non-hydrogen) atoms. The molecule has 2 rings (SSSR count). The Morgan fingerprint density at radius 1 is 1.30 bits per heavy atom. The fraction of sp³-hybridized carbons (Fsp3) is 0.417. The van der Waals surface area contributed by atoms with Crippen LogP contribution in [-0.4, -0.2) is 34.0 Å². The Bertz CT molecular complexity index is 601. The van der Waals surface area contributed by atoms with Crippen LogP contribution in [0.15, 0.2) is 23.1 Å². The molecule has 0 saturated heterocycles. The summed E-state index contributed by atoms with van der Waals surface area (Å²) in [7, 11) is -3.59. The van der Waals surface area contributed by atoms with E-state index in [1.807, 2.05) is 0 Å². The van der Waals surface area contributed by atoms with Gasteiger partial charge in [0.05, 0.1) is 10.7 Å². The van der Waals surface area contributed by atoms with Gasteiger partial charge in [-0.25, -0.2) is 13.1 Å². The van der Waals surface area contributed by atoms with E-state index < -0.39 is 10.0 Å². The molecule has 0 unspecified atom stereocenters. The normalized spacial score (nSPS) is 14.0. The van der Waals surface area contributed by atoms with Gasteiger partial charge in [0.2, 0.25) is 10.0 Å². The van der Waals surface area contributed by atoms with Gasteiger partial charge in [0.25, 0.3) is 0 Å². The maximum absolute atomic E-state index is 12.1. The van der Waals surface area contributed by atoms with Gasteiger partial charge in [0, 0.05) is 19.0 Å². The van der Waals surface area contributed by atoms with Crippen LogP contribution in [0.5, 0.6) is 11.5 Å². The number of amidine groups is 1. The molecule has 0 fully saturated rings. The lowest BCUT2D eigenvalue weighted by Crippen LogP contribution is -2.26. The summed E-state index contributed by atoms with van der Waals surface area (Å²) in [6, 6.07) is 4.50. The zero-order valence-electron chi connectivity index (χ0n) is 10.9. The van der Waals surface area contributed by atoms with Gasteiger partial charge in [0.1, 0.15) is 13.2 Å². The van der Waals surface area contributed by atoms with Crippen LogP contribution in [0.25, 0.3) is 0 Å². The summed E-state index contributed by atoms with van der Waals surface area (Å²) in [6.07, 6.45) is 0.850. The lowest BCUT2D eigenvalue weighted by molar-refractivity contribution is 0.171. The van der Waals surface area contributed by atoms with Gasteiger partial charge in [-0.05, 0) is 18.6 Å². The second-order valence-electron chi connectivity index (χ2n) is 4.33. The highest BCUT2D eigenvalue weighted by atomic mass is 32.2. The zero-order chi connectivity index (χ0) is 14.6. The van der Waals surface area contributed by atoms with Crippen LogP contribution in [0.3, 0.4) is 0 Å². The summed E-state index contributed by atoms with van der Waals surface area (Å²) < 4.78 is 37.3. The number of hydrogen-bond acceptors (Lipinski definition) is 5. The van der Waals surface area contributed by atoms with Crippen molar-refractivity contribution in [1.29, 1.82) is 5.41 Å².